The van der Waals surface area contributed by atoms with Crippen molar-refractivity contribution in [3.63, 3.8) is 0 Å². The van der Waals surface area contributed by atoms with Crippen molar-refractivity contribution in [2.24, 2.45) is 11.0 Å². The van der Waals surface area contributed by atoms with Crippen molar-refractivity contribution in [2.75, 3.05) is 19.3 Å². The van der Waals surface area contributed by atoms with Crippen LogP contribution in [0.1, 0.15) is 24.0 Å². The molecule has 3 rings (SSSR count). The number of rotatable bonds is 5. The molecular weight excluding hydrogens is 362 g/mol. The molecule has 2 aromatic rings. The van der Waals surface area contributed by atoms with Gasteiger partial charge >= 0.3 is 0 Å². The Morgan fingerprint density at radius 1 is 0.963 bits per heavy atom. The molecular formula is C20H23N3O3S. The minimum atomic E-state index is -3.20. The first-order valence-electron chi connectivity index (χ1n) is 8.88. The summed E-state index contributed by atoms with van der Waals surface area (Å²) in [6, 6.07) is 19.4. The second-order valence-corrected chi connectivity index (χ2v) is 8.59. The van der Waals surface area contributed by atoms with Gasteiger partial charge in [-0.15, -0.1) is 0 Å². The molecule has 6 nitrogen and oxygen atoms in total. The molecule has 7 heteroatoms. The highest BCUT2D eigenvalue weighted by molar-refractivity contribution is 7.88. The number of hydrogen-bond donors (Lipinski definition) is 1. The van der Waals surface area contributed by atoms with Crippen molar-refractivity contribution in [2.45, 2.75) is 12.8 Å². The number of piperidine rings is 1. The molecule has 1 heterocycles. The minimum absolute atomic E-state index is 0.174. The zero-order chi connectivity index (χ0) is 19.3. The van der Waals surface area contributed by atoms with Crippen molar-refractivity contribution < 1.29 is 13.2 Å². The summed E-state index contributed by atoms with van der Waals surface area (Å²) in [7, 11) is -3.20. The van der Waals surface area contributed by atoms with E-state index in [1.165, 1.54) is 10.6 Å². The standard InChI is InChI=1S/C20H23N3O3S/c1-27(25,26)23-14-12-18(13-15-23)20(24)22-21-19(16-8-4-2-5-9-16)17-10-6-3-7-11-17/h2-11,18H,12-15H2,1H3,(H,22,24). The van der Waals surface area contributed by atoms with Gasteiger partial charge in [0.1, 0.15) is 0 Å². The van der Waals surface area contributed by atoms with Gasteiger partial charge in [-0.05, 0) is 12.8 Å². The Hall–Kier alpha value is -2.51. The average Bonchev–Trinajstić information content (AvgIpc) is 2.69. The first-order chi connectivity index (χ1) is 12.9. The lowest BCUT2D eigenvalue weighted by atomic mass is 9.97. The summed E-state index contributed by atoms with van der Waals surface area (Å²) >= 11 is 0. The number of sulfonamides is 1. The number of nitrogens with zero attached hydrogens (tertiary/aromatic N) is 2. The van der Waals surface area contributed by atoms with Gasteiger partial charge in [-0.2, -0.15) is 5.10 Å². The number of amides is 1. The van der Waals surface area contributed by atoms with E-state index in [9.17, 15) is 13.2 Å². The van der Waals surface area contributed by atoms with Crippen molar-refractivity contribution >= 4 is 21.6 Å². The van der Waals surface area contributed by atoms with Gasteiger partial charge < -0.3 is 0 Å². The van der Waals surface area contributed by atoms with E-state index in [-0.39, 0.29) is 11.8 Å². The topological polar surface area (TPSA) is 78.8 Å². The van der Waals surface area contributed by atoms with E-state index in [4.69, 9.17) is 0 Å². The molecule has 142 valence electrons. The van der Waals surface area contributed by atoms with Gasteiger partial charge in [0.15, 0.2) is 0 Å². The van der Waals surface area contributed by atoms with E-state index < -0.39 is 10.0 Å². The summed E-state index contributed by atoms with van der Waals surface area (Å²) in [5.41, 5.74) is 5.20. The highest BCUT2D eigenvalue weighted by Crippen LogP contribution is 2.19. The molecule has 1 amide bonds. The maximum Gasteiger partial charge on any atom is 0.243 e. The van der Waals surface area contributed by atoms with Gasteiger partial charge in [-0.25, -0.2) is 18.1 Å². The maximum atomic E-state index is 12.5. The lowest BCUT2D eigenvalue weighted by Crippen LogP contribution is -2.41. The molecule has 0 spiro atoms. The van der Waals surface area contributed by atoms with E-state index in [2.05, 4.69) is 10.5 Å². The van der Waals surface area contributed by atoms with Crippen LogP contribution in [0.5, 0.6) is 0 Å². The van der Waals surface area contributed by atoms with E-state index >= 15 is 0 Å². The Labute approximate surface area is 159 Å². The summed E-state index contributed by atoms with van der Waals surface area (Å²) in [5.74, 6) is -0.410. The first kappa shape index (κ1) is 19.3. The molecule has 1 fully saturated rings. The zero-order valence-corrected chi connectivity index (χ0v) is 16.0. The summed E-state index contributed by atoms with van der Waals surface area (Å²) in [5, 5.41) is 4.39. The van der Waals surface area contributed by atoms with E-state index in [1.807, 2.05) is 60.7 Å². The van der Waals surface area contributed by atoms with Crippen molar-refractivity contribution in [3.8, 4) is 0 Å². The third-order valence-corrected chi connectivity index (χ3v) is 5.97. The maximum absolute atomic E-state index is 12.5. The van der Waals surface area contributed by atoms with Crippen LogP contribution in [0.4, 0.5) is 0 Å². The highest BCUT2D eigenvalue weighted by Gasteiger charge is 2.28. The zero-order valence-electron chi connectivity index (χ0n) is 15.2. The molecule has 1 saturated heterocycles. The molecule has 0 saturated carbocycles. The van der Waals surface area contributed by atoms with Crippen LogP contribution in [0.3, 0.4) is 0 Å². The van der Waals surface area contributed by atoms with Crippen LogP contribution in [0.15, 0.2) is 65.8 Å². The number of carbonyl (C=O) groups is 1. The van der Waals surface area contributed by atoms with E-state index in [0.717, 1.165) is 11.1 Å². The number of benzene rings is 2. The molecule has 0 radical (unpaired) electrons. The van der Waals surface area contributed by atoms with Gasteiger partial charge in [-0.1, -0.05) is 60.7 Å². The Bertz CT molecular complexity index is 863. The monoisotopic (exact) mass is 385 g/mol. The van der Waals surface area contributed by atoms with Crippen LogP contribution in [-0.2, 0) is 14.8 Å². The molecule has 0 unspecified atom stereocenters. The molecule has 1 aliphatic rings. The largest absolute Gasteiger partial charge is 0.273 e. The summed E-state index contributed by atoms with van der Waals surface area (Å²) in [4.78, 5) is 12.5. The smallest absolute Gasteiger partial charge is 0.243 e. The SMILES string of the molecule is CS(=O)(=O)N1CCC(C(=O)NN=C(c2ccccc2)c2ccccc2)CC1. The summed E-state index contributed by atoms with van der Waals surface area (Å²) in [6.07, 6.45) is 2.20. The number of hydrogen-bond acceptors (Lipinski definition) is 4. The Balaban J connectivity index is 1.73. The molecule has 27 heavy (non-hydrogen) atoms. The fraction of sp³-hybridized carbons (Fsp3) is 0.300. The number of carbonyl (C=O) groups excluding carboxylic acids is 1. The Kier molecular flexibility index (Phi) is 6.03. The predicted molar refractivity (Wildman–Crippen MR) is 106 cm³/mol. The Morgan fingerprint density at radius 2 is 1.44 bits per heavy atom. The minimum Gasteiger partial charge on any atom is -0.273 e. The quantitative estimate of drug-likeness (QED) is 0.633. The number of hydrazone groups is 1. The second kappa shape index (κ2) is 8.45. The summed E-state index contributed by atoms with van der Waals surface area (Å²) < 4.78 is 24.6. The average molecular weight is 385 g/mol. The summed E-state index contributed by atoms with van der Waals surface area (Å²) in [6.45, 7) is 0.732. The van der Waals surface area contributed by atoms with Crippen LogP contribution >= 0.6 is 0 Å². The molecule has 0 bridgehead atoms. The van der Waals surface area contributed by atoms with Crippen LogP contribution in [0.25, 0.3) is 0 Å². The van der Waals surface area contributed by atoms with Crippen LogP contribution < -0.4 is 5.43 Å². The Morgan fingerprint density at radius 3 is 1.89 bits per heavy atom. The molecule has 1 aliphatic heterocycles. The van der Waals surface area contributed by atoms with Gasteiger partial charge in [0.25, 0.3) is 0 Å². The molecule has 0 aromatic heterocycles. The van der Waals surface area contributed by atoms with Crippen LogP contribution in [0.2, 0.25) is 0 Å². The third-order valence-electron chi connectivity index (χ3n) is 4.67. The molecule has 0 atom stereocenters. The predicted octanol–water partition coefficient (Wildman–Crippen LogP) is 2.23. The fourth-order valence-electron chi connectivity index (χ4n) is 3.14. The second-order valence-electron chi connectivity index (χ2n) is 6.60. The van der Waals surface area contributed by atoms with Crippen LogP contribution in [0, 0.1) is 5.92 Å². The van der Waals surface area contributed by atoms with Gasteiger partial charge in [-0.3, -0.25) is 4.79 Å². The van der Waals surface area contributed by atoms with Crippen molar-refractivity contribution in [1.82, 2.24) is 9.73 Å². The van der Waals surface area contributed by atoms with Crippen molar-refractivity contribution in [1.29, 1.82) is 0 Å². The normalized spacial score (nSPS) is 15.9. The molecule has 1 N–H and O–H groups in total. The first-order valence-corrected chi connectivity index (χ1v) is 10.7. The van der Waals surface area contributed by atoms with Gasteiger partial charge in [0, 0.05) is 30.1 Å². The lowest BCUT2D eigenvalue weighted by molar-refractivity contribution is -0.126. The fourth-order valence-corrected chi connectivity index (χ4v) is 4.01. The third kappa shape index (κ3) is 5.02. The molecule has 0 aliphatic carbocycles. The lowest BCUT2D eigenvalue weighted by Gasteiger charge is -2.29. The van der Waals surface area contributed by atoms with Gasteiger partial charge in [0.05, 0.1) is 12.0 Å². The molecule has 2 aromatic carbocycles. The van der Waals surface area contributed by atoms with E-state index in [1.54, 1.807) is 0 Å². The van der Waals surface area contributed by atoms with Gasteiger partial charge in [0.2, 0.25) is 15.9 Å². The number of nitrogens with one attached hydrogen (secondary N) is 1. The van der Waals surface area contributed by atoms with Crippen molar-refractivity contribution in [3.05, 3.63) is 71.8 Å². The highest BCUT2D eigenvalue weighted by atomic mass is 32.2. The van der Waals surface area contributed by atoms with E-state index in [0.29, 0.717) is 31.6 Å². The van der Waals surface area contributed by atoms with Crippen LogP contribution in [-0.4, -0.2) is 43.7 Å².